The third-order valence-electron chi connectivity index (χ3n) is 6.53. The van der Waals surface area contributed by atoms with Gasteiger partial charge in [-0.05, 0) is 66.4 Å². The molecule has 2 heterocycles. The number of carbonyl (C=O) groups is 2. The minimum absolute atomic E-state index is 0.0419. The van der Waals surface area contributed by atoms with Crippen LogP contribution in [-0.2, 0) is 16.1 Å². The second-order valence-corrected chi connectivity index (χ2v) is 9.08. The molecule has 0 bridgehead atoms. The van der Waals surface area contributed by atoms with Gasteiger partial charge in [-0.1, -0.05) is 13.0 Å². The highest BCUT2D eigenvalue weighted by atomic mass is 16.5. The van der Waals surface area contributed by atoms with E-state index in [2.05, 4.69) is 4.98 Å². The highest BCUT2D eigenvalue weighted by Crippen LogP contribution is 2.46. The van der Waals surface area contributed by atoms with Crippen LogP contribution in [0.15, 0.2) is 60.4 Å². The van der Waals surface area contributed by atoms with Gasteiger partial charge >= 0.3 is 0 Å². The van der Waals surface area contributed by atoms with E-state index in [1.165, 1.54) is 26.2 Å². The first kappa shape index (κ1) is 27.5. The number of aliphatic hydroxyl groups is 1. The molecule has 1 saturated heterocycles. The van der Waals surface area contributed by atoms with E-state index in [-0.39, 0.29) is 17.9 Å². The van der Waals surface area contributed by atoms with Crippen LogP contribution >= 0.6 is 0 Å². The topological polar surface area (TPSA) is 107 Å². The lowest BCUT2D eigenvalue weighted by atomic mass is 9.94. The summed E-state index contributed by atoms with van der Waals surface area (Å²) in [5.74, 6) is -0.0548. The van der Waals surface area contributed by atoms with Crippen LogP contribution in [-0.4, -0.2) is 54.6 Å². The van der Waals surface area contributed by atoms with Crippen molar-refractivity contribution in [3.05, 3.63) is 82.7 Å². The van der Waals surface area contributed by atoms with Crippen molar-refractivity contribution in [2.75, 3.05) is 27.9 Å². The number of hydrogen-bond donors (Lipinski definition) is 1. The summed E-state index contributed by atoms with van der Waals surface area (Å²) >= 11 is 0. The van der Waals surface area contributed by atoms with Crippen LogP contribution in [0, 0.1) is 6.92 Å². The van der Waals surface area contributed by atoms with Crippen molar-refractivity contribution in [1.29, 1.82) is 0 Å². The lowest BCUT2D eigenvalue weighted by Crippen LogP contribution is -2.29. The summed E-state index contributed by atoms with van der Waals surface area (Å²) < 4.78 is 22.3. The van der Waals surface area contributed by atoms with Gasteiger partial charge in [-0.15, -0.1) is 0 Å². The Labute approximate surface area is 227 Å². The van der Waals surface area contributed by atoms with E-state index in [0.29, 0.717) is 40.7 Å². The van der Waals surface area contributed by atoms with Gasteiger partial charge in [0.05, 0.1) is 39.6 Å². The summed E-state index contributed by atoms with van der Waals surface area (Å²) in [4.78, 5) is 32.5. The van der Waals surface area contributed by atoms with E-state index in [0.717, 1.165) is 17.5 Å². The molecule has 1 aliphatic heterocycles. The number of hydrogen-bond acceptors (Lipinski definition) is 8. The van der Waals surface area contributed by atoms with Crippen LogP contribution in [0.1, 0.15) is 41.6 Å². The van der Waals surface area contributed by atoms with E-state index in [1.54, 1.807) is 48.8 Å². The molecule has 1 atom stereocenters. The molecular formula is C30H32N2O7. The number of aryl methyl sites for hydroxylation is 1. The molecule has 1 fully saturated rings. The Morgan fingerprint density at radius 1 is 1.00 bits per heavy atom. The van der Waals surface area contributed by atoms with E-state index in [9.17, 15) is 14.7 Å². The number of Topliss-reactive ketones (excluding diaryl/α,β-unsaturated/α-hetero) is 1. The monoisotopic (exact) mass is 532 g/mol. The van der Waals surface area contributed by atoms with E-state index < -0.39 is 17.7 Å². The van der Waals surface area contributed by atoms with Crippen molar-refractivity contribution < 1.29 is 33.6 Å². The molecule has 3 aromatic rings. The minimum Gasteiger partial charge on any atom is -0.507 e. The number of benzene rings is 2. The van der Waals surface area contributed by atoms with Crippen molar-refractivity contribution in [1.82, 2.24) is 9.88 Å². The lowest BCUT2D eigenvalue weighted by Gasteiger charge is -2.26. The zero-order chi connectivity index (χ0) is 28.1. The number of aromatic nitrogens is 1. The molecule has 1 N–H and O–H groups in total. The number of rotatable bonds is 10. The standard InChI is InChI=1S/C30H32N2O7/c1-6-12-39-22-10-9-20(13-18(22)2)27(33)25-26(21-14-23(36-3)29(38-5)24(15-21)37-4)32(30(35)28(25)34)17-19-8-7-11-31-16-19/h7-11,13-16,26,33H,6,12,17H2,1-5H3/b27-25+. The molecule has 2 aromatic carbocycles. The predicted octanol–water partition coefficient (Wildman–Crippen LogP) is 4.83. The summed E-state index contributed by atoms with van der Waals surface area (Å²) in [6, 6.07) is 11.1. The summed E-state index contributed by atoms with van der Waals surface area (Å²) in [6.07, 6.45) is 4.12. The molecule has 0 aliphatic carbocycles. The zero-order valence-electron chi connectivity index (χ0n) is 22.7. The fourth-order valence-corrected chi connectivity index (χ4v) is 4.66. The van der Waals surface area contributed by atoms with Crippen LogP contribution in [0.4, 0.5) is 0 Å². The van der Waals surface area contributed by atoms with Crippen LogP contribution in [0.25, 0.3) is 5.76 Å². The molecule has 1 aromatic heterocycles. The second-order valence-electron chi connectivity index (χ2n) is 9.08. The van der Waals surface area contributed by atoms with Crippen LogP contribution < -0.4 is 18.9 Å². The van der Waals surface area contributed by atoms with Crippen molar-refractivity contribution in [3.63, 3.8) is 0 Å². The fraction of sp³-hybridized carbons (Fsp3) is 0.300. The Balaban J connectivity index is 1.90. The molecule has 204 valence electrons. The van der Waals surface area contributed by atoms with Gasteiger partial charge in [0.2, 0.25) is 5.75 Å². The first-order chi connectivity index (χ1) is 18.8. The lowest BCUT2D eigenvalue weighted by molar-refractivity contribution is -0.140. The van der Waals surface area contributed by atoms with Gasteiger partial charge in [0.25, 0.3) is 11.7 Å². The SMILES string of the molecule is CCCOc1ccc(/C(O)=C2\C(=O)C(=O)N(Cc3cccnc3)C2c2cc(OC)c(OC)c(OC)c2)cc1C. The molecule has 4 rings (SSSR count). The van der Waals surface area contributed by atoms with Gasteiger partial charge in [0.15, 0.2) is 11.5 Å². The van der Waals surface area contributed by atoms with Gasteiger partial charge in [-0.3, -0.25) is 14.6 Å². The summed E-state index contributed by atoms with van der Waals surface area (Å²) in [6.45, 7) is 4.54. The number of aliphatic hydroxyl groups excluding tert-OH is 1. The number of nitrogens with zero attached hydrogens (tertiary/aromatic N) is 2. The number of carbonyl (C=O) groups excluding carboxylic acids is 2. The number of ether oxygens (including phenoxy) is 4. The summed E-state index contributed by atoms with van der Waals surface area (Å²) in [7, 11) is 4.46. The van der Waals surface area contributed by atoms with Gasteiger partial charge in [-0.25, -0.2) is 0 Å². The Hall–Kier alpha value is -4.53. The van der Waals surface area contributed by atoms with Crippen molar-refractivity contribution in [3.8, 4) is 23.0 Å². The molecule has 39 heavy (non-hydrogen) atoms. The maximum Gasteiger partial charge on any atom is 0.295 e. The highest BCUT2D eigenvalue weighted by Gasteiger charge is 2.46. The number of methoxy groups -OCH3 is 3. The smallest absolute Gasteiger partial charge is 0.295 e. The van der Waals surface area contributed by atoms with Gasteiger partial charge in [0.1, 0.15) is 11.5 Å². The predicted molar refractivity (Wildman–Crippen MR) is 145 cm³/mol. The van der Waals surface area contributed by atoms with Crippen molar-refractivity contribution in [2.24, 2.45) is 0 Å². The quantitative estimate of drug-likeness (QED) is 0.225. The second kappa shape index (κ2) is 11.9. The Bertz CT molecular complexity index is 1380. The fourth-order valence-electron chi connectivity index (χ4n) is 4.66. The summed E-state index contributed by atoms with van der Waals surface area (Å²) in [5, 5.41) is 11.5. The molecule has 1 aliphatic rings. The van der Waals surface area contributed by atoms with E-state index in [1.807, 2.05) is 19.9 Å². The molecule has 0 spiro atoms. The molecule has 0 radical (unpaired) electrons. The third-order valence-corrected chi connectivity index (χ3v) is 6.53. The third kappa shape index (κ3) is 5.38. The first-order valence-corrected chi connectivity index (χ1v) is 12.6. The van der Waals surface area contributed by atoms with Gasteiger partial charge < -0.3 is 29.0 Å². The minimum atomic E-state index is -0.935. The molecule has 9 heteroatoms. The van der Waals surface area contributed by atoms with Crippen LogP contribution in [0.3, 0.4) is 0 Å². The molecular weight excluding hydrogens is 500 g/mol. The van der Waals surface area contributed by atoms with E-state index in [4.69, 9.17) is 18.9 Å². The van der Waals surface area contributed by atoms with Crippen LogP contribution in [0.5, 0.6) is 23.0 Å². The largest absolute Gasteiger partial charge is 0.507 e. The molecule has 0 saturated carbocycles. The number of amides is 1. The Morgan fingerprint density at radius 2 is 1.72 bits per heavy atom. The number of likely N-dealkylation sites (tertiary alicyclic amines) is 1. The highest BCUT2D eigenvalue weighted by molar-refractivity contribution is 6.46. The van der Waals surface area contributed by atoms with Crippen molar-refractivity contribution >= 4 is 17.4 Å². The first-order valence-electron chi connectivity index (χ1n) is 12.6. The zero-order valence-corrected chi connectivity index (χ0v) is 22.7. The maximum atomic E-state index is 13.5. The normalized spacial score (nSPS) is 16.3. The number of ketones is 1. The van der Waals surface area contributed by atoms with Gasteiger partial charge in [0, 0.05) is 24.5 Å². The molecule has 1 amide bonds. The van der Waals surface area contributed by atoms with Crippen LogP contribution in [0.2, 0.25) is 0 Å². The molecule has 9 nitrogen and oxygen atoms in total. The van der Waals surface area contributed by atoms with E-state index >= 15 is 0 Å². The molecule has 1 unspecified atom stereocenters. The van der Waals surface area contributed by atoms with Gasteiger partial charge in [-0.2, -0.15) is 0 Å². The maximum absolute atomic E-state index is 13.5. The summed E-state index contributed by atoms with van der Waals surface area (Å²) in [5.41, 5.74) is 2.38. The average Bonchev–Trinajstić information content (AvgIpc) is 3.20. The van der Waals surface area contributed by atoms with Crippen molar-refractivity contribution in [2.45, 2.75) is 32.9 Å². The Kier molecular flexibility index (Phi) is 8.39. The average molecular weight is 533 g/mol. The Morgan fingerprint density at radius 3 is 2.28 bits per heavy atom. The number of pyridine rings is 1.